The van der Waals surface area contributed by atoms with Crippen molar-refractivity contribution in [2.75, 3.05) is 23.3 Å². The third-order valence-electron chi connectivity index (χ3n) is 5.94. The molecule has 4 N–H and O–H groups in total. The van der Waals surface area contributed by atoms with Crippen LogP contribution < -0.4 is 26.9 Å². The molecule has 3 aromatic rings. The maximum atomic E-state index is 13.6. The van der Waals surface area contributed by atoms with E-state index < -0.39 is 11.8 Å². The van der Waals surface area contributed by atoms with E-state index in [9.17, 15) is 18.4 Å². The number of fused-ring (bicyclic) bond motifs is 1. The third kappa shape index (κ3) is 4.68. The number of nitrogens with two attached hydrogens (primary N) is 1. The number of halogens is 2. The average Bonchev–Trinajstić information content (AvgIpc) is 2.78. The number of rotatable bonds is 5. The summed E-state index contributed by atoms with van der Waals surface area (Å²) < 4.78 is 33.3. The Balaban J connectivity index is 1.74. The number of hydrogen-bond acceptors (Lipinski definition) is 6. The molecule has 0 aliphatic carbocycles. The topological polar surface area (TPSA) is 101 Å². The first-order valence-electron chi connectivity index (χ1n) is 10.8. The second kappa shape index (κ2) is 8.82. The Bertz CT molecular complexity index is 1250. The van der Waals surface area contributed by atoms with E-state index in [1.165, 1.54) is 6.07 Å². The summed E-state index contributed by atoms with van der Waals surface area (Å²) in [4.78, 5) is 26.7. The van der Waals surface area contributed by atoms with E-state index in [0.717, 1.165) is 5.56 Å². The Morgan fingerprint density at radius 1 is 1.18 bits per heavy atom. The summed E-state index contributed by atoms with van der Waals surface area (Å²) in [7, 11) is 0. The summed E-state index contributed by atoms with van der Waals surface area (Å²) in [5, 5.41) is 3.71. The van der Waals surface area contributed by atoms with E-state index in [1.54, 1.807) is 35.2 Å². The fraction of sp³-hybridized carbons (Fsp3) is 0.333. The summed E-state index contributed by atoms with van der Waals surface area (Å²) in [6.07, 6.45) is -0.569. The molecule has 0 spiro atoms. The quantitative estimate of drug-likeness (QED) is 0.303. The summed E-state index contributed by atoms with van der Waals surface area (Å²) in [6, 6.07) is 11.6. The van der Waals surface area contributed by atoms with Gasteiger partial charge in [0.2, 0.25) is 0 Å². The summed E-state index contributed by atoms with van der Waals surface area (Å²) in [6.45, 7) is 3.99. The molecular formula is C24H26F2N4O3. The first kappa shape index (κ1) is 22.7. The molecule has 4 rings (SSSR count). The van der Waals surface area contributed by atoms with Crippen LogP contribution in [0.4, 0.5) is 20.4 Å². The van der Waals surface area contributed by atoms with Crippen LogP contribution in [0.1, 0.15) is 47.3 Å². The van der Waals surface area contributed by atoms with Crippen molar-refractivity contribution in [1.82, 2.24) is 5.43 Å². The molecule has 33 heavy (non-hydrogen) atoms. The molecule has 1 atom stereocenters. The minimum Gasteiger partial charge on any atom is -0.440 e. The average molecular weight is 456 g/mol. The molecule has 1 unspecified atom stereocenters. The van der Waals surface area contributed by atoms with E-state index >= 15 is 0 Å². The number of carbonyl (C=O) groups excluding carboxylic acids is 1. The Hall–Kier alpha value is -3.46. The van der Waals surface area contributed by atoms with E-state index in [0.29, 0.717) is 27.8 Å². The Kier molecular flexibility index (Phi) is 6.07. The minimum absolute atomic E-state index is 0.109. The predicted octanol–water partition coefficient (Wildman–Crippen LogP) is 4.11. The normalized spacial score (nSPS) is 16.5. The van der Waals surface area contributed by atoms with Gasteiger partial charge in [0.05, 0.1) is 17.0 Å². The standard InChI is InChI=1S/C24H26F2N4O3/c1-14-11-17(15(2)28-19-6-4-3-5-16(19)23(32)29-27)22-18(12-14)20(31)13-21(33-22)30-9-7-24(25,26)8-10-30/h3-6,11-13,15,28H,7-10,27H2,1-2H3,(H,29,32). The molecule has 1 aromatic heterocycles. The van der Waals surface area contributed by atoms with Crippen LogP contribution in [0, 0.1) is 6.92 Å². The van der Waals surface area contributed by atoms with E-state index in [4.69, 9.17) is 10.3 Å². The molecule has 1 fully saturated rings. The third-order valence-corrected chi connectivity index (χ3v) is 5.94. The van der Waals surface area contributed by atoms with Gasteiger partial charge in [0, 0.05) is 43.2 Å². The number of nitrogens with one attached hydrogen (secondary N) is 2. The zero-order chi connectivity index (χ0) is 23.8. The van der Waals surface area contributed by atoms with Gasteiger partial charge in [-0.15, -0.1) is 0 Å². The van der Waals surface area contributed by atoms with Gasteiger partial charge < -0.3 is 14.6 Å². The van der Waals surface area contributed by atoms with Gasteiger partial charge in [-0.05, 0) is 37.6 Å². The van der Waals surface area contributed by atoms with E-state index in [2.05, 4.69) is 10.7 Å². The first-order chi connectivity index (χ1) is 15.7. The minimum atomic E-state index is -2.70. The molecule has 0 bridgehead atoms. The number of amides is 1. The lowest BCUT2D eigenvalue weighted by Crippen LogP contribution is -2.39. The molecule has 1 saturated heterocycles. The van der Waals surface area contributed by atoms with Crippen molar-refractivity contribution in [3.63, 3.8) is 0 Å². The van der Waals surface area contributed by atoms with Crippen molar-refractivity contribution < 1.29 is 18.0 Å². The van der Waals surface area contributed by atoms with Crippen LogP contribution in [-0.2, 0) is 0 Å². The molecule has 1 amide bonds. The van der Waals surface area contributed by atoms with Crippen molar-refractivity contribution in [2.24, 2.45) is 5.84 Å². The van der Waals surface area contributed by atoms with Crippen molar-refractivity contribution in [3.8, 4) is 0 Å². The van der Waals surface area contributed by atoms with Gasteiger partial charge in [-0.2, -0.15) is 0 Å². The molecule has 0 radical (unpaired) electrons. The van der Waals surface area contributed by atoms with Gasteiger partial charge >= 0.3 is 0 Å². The zero-order valence-corrected chi connectivity index (χ0v) is 18.5. The van der Waals surface area contributed by atoms with Gasteiger partial charge in [-0.1, -0.05) is 18.2 Å². The van der Waals surface area contributed by atoms with Gasteiger partial charge in [-0.25, -0.2) is 14.6 Å². The molecule has 9 heteroatoms. The number of hydrogen-bond donors (Lipinski definition) is 3. The number of hydrazine groups is 1. The fourth-order valence-corrected chi connectivity index (χ4v) is 4.15. The Labute approximate surface area is 189 Å². The van der Waals surface area contributed by atoms with Crippen LogP contribution in [0.25, 0.3) is 11.0 Å². The molecular weight excluding hydrogens is 430 g/mol. The molecule has 1 aliphatic rings. The van der Waals surface area contributed by atoms with Gasteiger partial charge in [-0.3, -0.25) is 15.0 Å². The van der Waals surface area contributed by atoms with E-state index in [-0.39, 0.29) is 43.3 Å². The summed E-state index contributed by atoms with van der Waals surface area (Å²) in [5.74, 6) is 2.45. The second-order valence-corrected chi connectivity index (χ2v) is 8.41. The van der Waals surface area contributed by atoms with Crippen molar-refractivity contribution in [3.05, 3.63) is 69.4 Å². The predicted molar refractivity (Wildman–Crippen MR) is 124 cm³/mol. The lowest BCUT2D eigenvalue weighted by molar-refractivity contribution is -0.0225. The first-order valence-corrected chi connectivity index (χ1v) is 10.8. The van der Waals surface area contributed by atoms with Crippen LogP contribution in [0.15, 0.2) is 51.7 Å². The highest BCUT2D eigenvalue weighted by Crippen LogP contribution is 2.33. The lowest BCUT2D eigenvalue weighted by atomic mass is 10.0. The number of para-hydroxylation sites is 1. The van der Waals surface area contributed by atoms with Gasteiger partial charge in [0.25, 0.3) is 11.8 Å². The van der Waals surface area contributed by atoms with Gasteiger partial charge in [0.1, 0.15) is 5.58 Å². The van der Waals surface area contributed by atoms with E-state index in [1.807, 2.05) is 19.9 Å². The SMILES string of the molecule is Cc1cc(C(C)Nc2ccccc2C(=O)NN)c2oc(N3CCC(F)(F)CC3)cc(=O)c2c1. The number of benzene rings is 2. The smallest absolute Gasteiger partial charge is 0.267 e. The highest BCUT2D eigenvalue weighted by molar-refractivity contribution is 5.99. The number of aryl methyl sites for hydroxylation is 1. The van der Waals surface area contributed by atoms with Crippen molar-refractivity contribution >= 4 is 28.4 Å². The Morgan fingerprint density at radius 2 is 1.88 bits per heavy atom. The molecule has 2 heterocycles. The fourth-order valence-electron chi connectivity index (χ4n) is 4.15. The van der Waals surface area contributed by atoms with Crippen molar-refractivity contribution in [1.29, 1.82) is 0 Å². The largest absolute Gasteiger partial charge is 0.440 e. The van der Waals surface area contributed by atoms with Crippen LogP contribution in [0.2, 0.25) is 0 Å². The lowest BCUT2D eigenvalue weighted by Gasteiger charge is -2.32. The summed E-state index contributed by atoms with van der Waals surface area (Å²) in [5.41, 5.74) is 4.82. The second-order valence-electron chi connectivity index (χ2n) is 8.41. The van der Waals surface area contributed by atoms with Crippen LogP contribution >= 0.6 is 0 Å². The van der Waals surface area contributed by atoms with Gasteiger partial charge in [0.15, 0.2) is 11.3 Å². The molecule has 7 nitrogen and oxygen atoms in total. The maximum absolute atomic E-state index is 13.6. The highest BCUT2D eigenvalue weighted by atomic mass is 19.3. The number of carbonyl (C=O) groups is 1. The number of nitrogens with zero attached hydrogens (tertiary/aromatic N) is 1. The van der Waals surface area contributed by atoms with Crippen LogP contribution in [0.3, 0.4) is 0 Å². The van der Waals surface area contributed by atoms with Crippen molar-refractivity contribution in [2.45, 2.75) is 38.7 Å². The molecule has 2 aromatic carbocycles. The monoisotopic (exact) mass is 456 g/mol. The van der Waals surface area contributed by atoms with Crippen LogP contribution in [0.5, 0.6) is 0 Å². The zero-order valence-electron chi connectivity index (χ0n) is 18.5. The number of piperidine rings is 1. The number of alkyl halides is 2. The van der Waals surface area contributed by atoms with Crippen LogP contribution in [-0.4, -0.2) is 24.9 Å². The number of anilines is 2. The maximum Gasteiger partial charge on any atom is 0.267 e. The summed E-state index contributed by atoms with van der Waals surface area (Å²) >= 11 is 0. The molecule has 1 aliphatic heterocycles. The Morgan fingerprint density at radius 3 is 2.58 bits per heavy atom. The highest BCUT2D eigenvalue weighted by Gasteiger charge is 2.35. The molecule has 174 valence electrons. The number of nitrogen functional groups attached to an aromatic ring is 1. The molecule has 0 saturated carbocycles.